The summed E-state index contributed by atoms with van der Waals surface area (Å²) < 4.78 is 33.6. The lowest BCUT2D eigenvalue weighted by molar-refractivity contribution is -0.0498. The molecule has 0 aliphatic carbocycles. The van der Waals surface area contributed by atoms with Crippen LogP contribution in [0.1, 0.15) is 5.56 Å². The Morgan fingerprint density at radius 2 is 1.88 bits per heavy atom. The van der Waals surface area contributed by atoms with Gasteiger partial charge >= 0.3 is 6.61 Å². The molecule has 24 heavy (non-hydrogen) atoms. The minimum atomic E-state index is -2.84. The Balaban J connectivity index is 1.88. The molecule has 0 saturated heterocycles. The third-order valence-electron chi connectivity index (χ3n) is 2.84. The van der Waals surface area contributed by atoms with Gasteiger partial charge < -0.3 is 14.8 Å². The van der Waals surface area contributed by atoms with Gasteiger partial charge in [0, 0.05) is 0 Å². The Hall–Kier alpha value is -2.74. The Morgan fingerprint density at radius 1 is 1.17 bits per heavy atom. The van der Waals surface area contributed by atoms with Crippen LogP contribution in [0.4, 0.5) is 14.5 Å². The number of hydrogen-bond acceptors (Lipinski definition) is 4. The number of anilines is 1. The summed E-state index contributed by atoms with van der Waals surface area (Å²) in [4.78, 5) is 0. The maximum absolute atomic E-state index is 12.1. The summed E-state index contributed by atoms with van der Waals surface area (Å²) in [6.07, 6.45) is 1.50. The third kappa shape index (κ3) is 5.47. The van der Waals surface area contributed by atoms with E-state index in [1.807, 2.05) is 18.2 Å². The highest BCUT2D eigenvalue weighted by atomic mass is 32.1. The van der Waals surface area contributed by atoms with E-state index in [1.165, 1.54) is 18.3 Å². The van der Waals surface area contributed by atoms with Crippen LogP contribution < -0.4 is 20.2 Å². The lowest BCUT2D eigenvalue weighted by atomic mass is 10.2. The van der Waals surface area contributed by atoms with Crippen molar-refractivity contribution in [1.82, 2.24) is 5.43 Å². The molecule has 2 aromatic rings. The van der Waals surface area contributed by atoms with Gasteiger partial charge in [0.15, 0.2) is 5.11 Å². The van der Waals surface area contributed by atoms with Crippen LogP contribution in [0.2, 0.25) is 0 Å². The van der Waals surface area contributed by atoms with E-state index < -0.39 is 6.61 Å². The quantitative estimate of drug-likeness (QED) is 0.473. The average Bonchev–Trinajstić information content (AvgIpc) is 2.56. The monoisotopic (exact) mass is 351 g/mol. The van der Waals surface area contributed by atoms with Gasteiger partial charge in [-0.2, -0.15) is 13.9 Å². The normalized spacial score (nSPS) is 10.7. The lowest BCUT2D eigenvalue weighted by Gasteiger charge is -2.10. The number of thiocarbonyl (C=S) groups is 1. The van der Waals surface area contributed by atoms with E-state index in [-0.39, 0.29) is 10.9 Å². The van der Waals surface area contributed by atoms with Gasteiger partial charge in [0.25, 0.3) is 0 Å². The number of hydrazone groups is 1. The summed E-state index contributed by atoms with van der Waals surface area (Å²) in [5.41, 5.74) is 4.07. The summed E-state index contributed by atoms with van der Waals surface area (Å²) in [7, 11) is 1.57. The number of ether oxygens (including phenoxy) is 2. The molecule has 0 fully saturated rings. The highest BCUT2D eigenvalue weighted by molar-refractivity contribution is 7.80. The molecule has 0 unspecified atom stereocenters. The summed E-state index contributed by atoms with van der Waals surface area (Å²) in [6, 6.07) is 13.4. The molecule has 2 rings (SSSR count). The largest absolute Gasteiger partial charge is 0.495 e. The standard InChI is InChI=1S/C16H15F2N3O2S/c1-22-14-5-3-2-4-13(14)20-16(24)21-19-10-11-6-8-12(9-7-11)23-15(17)18/h2-10,15H,1H3,(H2,20,21,24)/b19-10+. The maximum Gasteiger partial charge on any atom is 0.387 e. The number of alkyl halides is 2. The first-order valence-electron chi connectivity index (χ1n) is 6.86. The lowest BCUT2D eigenvalue weighted by Crippen LogP contribution is -2.24. The van der Waals surface area contributed by atoms with E-state index in [1.54, 1.807) is 25.3 Å². The van der Waals surface area contributed by atoms with Crippen molar-refractivity contribution < 1.29 is 18.3 Å². The van der Waals surface area contributed by atoms with Gasteiger partial charge in [-0.3, -0.25) is 5.43 Å². The number of para-hydroxylation sites is 2. The molecular formula is C16H15F2N3O2S. The van der Waals surface area contributed by atoms with Crippen molar-refractivity contribution in [3.05, 3.63) is 54.1 Å². The minimum Gasteiger partial charge on any atom is -0.495 e. The molecular weight excluding hydrogens is 336 g/mol. The van der Waals surface area contributed by atoms with Crippen molar-refractivity contribution in [1.29, 1.82) is 0 Å². The molecule has 0 saturated carbocycles. The highest BCUT2D eigenvalue weighted by Gasteiger charge is 2.04. The molecule has 126 valence electrons. The second-order valence-corrected chi connectivity index (χ2v) is 4.88. The van der Waals surface area contributed by atoms with Gasteiger partial charge in [0.05, 0.1) is 19.0 Å². The Kier molecular flexibility index (Phi) is 6.44. The predicted octanol–water partition coefficient (Wildman–Crippen LogP) is 3.62. The molecule has 5 nitrogen and oxygen atoms in total. The smallest absolute Gasteiger partial charge is 0.387 e. The highest BCUT2D eigenvalue weighted by Crippen LogP contribution is 2.22. The summed E-state index contributed by atoms with van der Waals surface area (Å²) in [5.74, 6) is 0.740. The summed E-state index contributed by atoms with van der Waals surface area (Å²) in [6.45, 7) is -2.84. The van der Waals surface area contributed by atoms with Crippen molar-refractivity contribution in [2.75, 3.05) is 12.4 Å². The Labute approximate surface area is 143 Å². The zero-order chi connectivity index (χ0) is 17.4. The fourth-order valence-corrected chi connectivity index (χ4v) is 1.96. The molecule has 0 amide bonds. The fraction of sp³-hybridized carbons (Fsp3) is 0.125. The number of nitrogens with zero attached hydrogens (tertiary/aromatic N) is 1. The molecule has 0 atom stereocenters. The van der Waals surface area contributed by atoms with Gasteiger partial charge in [-0.05, 0) is 54.2 Å². The van der Waals surface area contributed by atoms with Gasteiger partial charge in [-0.1, -0.05) is 12.1 Å². The zero-order valence-electron chi connectivity index (χ0n) is 12.7. The van der Waals surface area contributed by atoms with Crippen molar-refractivity contribution in [3.8, 4) is 11.5 Å². The molecule has 0 heterocycles. The second-order valence-electron chi connectivity index (χ2n) is 4.47. The summed E-state index contributed by atoms with van der Waals surface area (Å²) in [5, 5.41) is 7.22. The number of methoxy groups -OCH3 is 1. The number of benzene rings is 2. The van der Waals surface area contributed by atoms with Gasteiger partial charge in [-0.15, -0.1) is 0 Å². The number of halogens is 2. The van der Waals surface area contributed by atoms with E-state index in [0.717, 1.165) is 0 Å². The van der Waals surface area contributed by atoms with Crippen LogP contribution >= 0.6 is 12.2 Å². The third-order valence-corrected chi connectivity index (χ3v) is 3.03. The number of hydrogen-bond donors (Lipinski definition) is 2. The van der Waals surface area contributed by atoms with Crippen LogP contribution in [0.3, 0.4) is 0 Å². The minimum absolute atomic E-state index is 0.0865. The van der Waals surface area contributed by atoms with E-state index in [4.69, 9.17) is 17.0 Å². The Morgan fingerprint density at radius 3 is 2.54 bits per heavy atom. The SMILES string of the molecule is COc1ccccc1NC(=S)N/N=C/c1ccc(OC(F)F)cc1. The van der Waals surface area contributed by atoms with Crippen molar-refractivity contribution in [3.63, 3.8) is 0 Å². The van der Waals surface area contributed by atoms with Crippen LogP contribution in [0.25, 0.3) is 0 Å². The Bertz CT molecular complexity index is 709. The molecule has 8 heteroatoms. The van der Waals surface area contributed by atoms with E-state index >= 15 is 0 Å². The molecule has 0 aromatic heterocycles. The average molecular weight is 351 g/mol. The first-order valence-corrected chi connectivity index (χ1v) is 7.27. The van der Waals surface area contributed by atoms with Crippen LogP contribution in [-0.2, 0) is 0 Å². The molecule has 2 N–H and O–H groups in total. The number of nitrogens with one attached hydrogen (secondary N) is 2. The zero-order valence-corrected chi connectivity index (χ0v) is 13.5. The first-order chi connectivity index (χ1) is 11.6. The van der Waals surface area contributed by atoms with Crippen LogP contribution in [0, 0.1) is 0 Å². The van der Waals surface area contributed by atoms with Crippen molar-refractivity contribution >= 4 is 29.2 Å². The van der Waals surface area contributed by atoms with Crippen LogP contribution in [-0.4, -0.2) is 25.0 Å². The molecule has 2 aromatic carbocycles. The van der Waals surface area contributed by atoms with E-state index in [0.29, 0.717) is 17.0 Å². The van der Waals surface area contributed by atoms with Gasteiger partial charge in [0.2, 0.25) is 0 Å². The predicted molar refractivity (Wildman–Crippen MR) is 93.0 cm³/mol. The van der Waals surface area contributed by atoms with Crippen molar-refractivity contribution in [2.24, 2.45) is 5.10 Å². The van der Waals surface area contributed by atoms with Gasteiger partial charge in [-0.25, -0.2) is 0 Å². The summed E-state index contributed by atoms with van der Waals surface area (Å²) >= 11 is 5.13. The van der Waals surface area contributed by atoms with Gasteiger partial charge in [0.1, 0.15) is 11.5 Å². The molecule has 0 spiro atoms. The second kappa shape index (κ2) is 8.78. The molecule has 0 aliphatic rings. The fourth-order valence-electron chi connectivity index (χ4n) is 1.80. The first kappa shape index (κ1) is 17.6. The number of rotatable bonds is 6. The maximum atomic E-state index is 12.1. The van der Waals surface area contributed by atoms with E-state index in [2.05, 4.69) is 20.6 Å². The molecule has 0 aliphatic heterocycles. The van der Waals surface area contributed by atoms with E-state index in [9.17, 15) is 8.78 Å². The van der Waals surface area contributed by atoms with Crippen molar-refractivity contribution in [2.45, 2.75) is 6.61 Å². The molecule has 0 bridgehead atoms. The molecule has 0 radical (unpaired) electrons. The van der Waals surface area contributed by atoms with Crippen LogP contribution in [0.5, 0.6) is 11.5 Å². The topological polar surface area (TPSA) is 54.9 Å². The van der Waals surface area contributed by atoms with Crippen LogP contribution in [0.15, 0.2) is 53.6 Å².